The summed E-state index contributed by atoms with van der Waals surface area (Å²) in [6, 6.07) is 9.19. The van der Waals surface area contributed by atoms with Gasteiger partial charge in [-0.3, -0.25) is 9.59 Å². The normalized spacial score (nSPS) is 25.9. The van der Waals surface area contributed by atoms with Crippen LogP contribution in [0.3, 0.4) is 0 Å². The minimum absolute atomic E-state index is 0.00353. The number of nitrogens with one attached hydrogen (secondary N) is 1. The Morgan fingerprint density at radius 3 is 2.31 bits per heavy atom. The standard InChI is InChI=1S/C23H35NO4Si/c1-17-12-10-11-15-20(28-29(5,6)23(2,3)4)21(25)24-19(16-27-22(17)26)18-13-8-7-9-14-18/h7-11,13-14,17,19-20H,12,15-16H2,1-6H3,(H,24,25)/b11-10+/t17-,19+,20-/m1/s1. The first-order valence-corrected chi connectivity index (χ1v) is 13.3. The molecule has 5 nitrogen and oxygen atoms in total. The average Bonchev–Trinajstić information content (AvgIpc) is 2.65. The number of carbonyl (C=O) groups is 2. The fourth-order valence-corrected chi connectivity index (χ4v) is 4.10. The smallest absolute Gasteiger partial charge is 0.309 e. The largest absolute Gasteiger partial charge is 0.463 e. The van der Waals surface area contributed by atoms with E-state index >= 15 is 0 Å². The van der Waals surface area contributed by atoms with Gasteiger partial charge in [0, 0.05) is 0 Å². The van der Waals surface area contributed by atoms with Gasteiger partial charge in [0.15, 0.2) is 8.32 Å². The summed E-state index contributed by atoms with van der Waals surface area (Å²) >= 11 is 0. The van der Waals surface area contributed by atoms with Crippen molar-refractivity contribution in [2.24, 2.45) is 5.92 Å². The van der Waals surface area contributed by atoms with Crippen LogP contribution in [0, 0.1) is 5.92 Å². The summed E-state index contributed by atoms with van der Waals surface area (Å²) < 4.78 is 12.0. The molecule has 1 N–H and O–H groups in total. The van der Waals surface area contributed by atoms with Crippen molar-refractivity contribution in [3.63, 3.8) is 0 Å². The molecule has 1 heterocycles. The van der Waals surface area contributed by atoms with E-state index in [-0.39, 0.29) is 29.4 Å². The molecular weight excluding hydrogens is 382 g/mol. The second kappa shape index (κ2) is 9.72. The van der Waals surface area contributed by atoms with Gasteiger partial charge in [-0.25, -0.2) is 0 Å². The molecule has 1 amide bonds. The molecule has 0 spiro atoms. The van der Waals surface area contributed by atoms with Crippen LogP contribution in [0.2, 0.25) is 18.1 Å². The zero-order chi connectivity index (χ0) is 21.7. The molecule has 6 heteroatoms. The molecule has 1 aliphatic rings. The summed E-state index contributed by atoms with van der Waals surface area (Å²) in [5.74, 6) is -0.643. The van der Waals surface area contributed by atoms with Crippen molar-refractivity contribution in [3.05, 3.63) is 48.0 Å². The van der Waals surface area contributed by atoms with Gasteiger partial charge in [0.05, 0.1) is 12.0 Å². The van der Waals surface area contributed by atoms with Gasteiger partial charge < -0.3 is 14.5 Å². The third-order valence-corrected chi connectivity index (χ3v) is 10.3. The van der Waals surface area contributed by atoms with E-state index in [1.165, 1.54) is 0 Å². The number of carbonyl (C=O) groups excluding carboxylic acids is 2. The van der Waals surface area contributed by atoms with Crippen molar-refractivity contribution in [3.8, 4) is 0 Å². The summed E-state index contributed by atoms with van der Waals surface area (Å²) in [7, 11) is -2.13. The number of amides is 1. The maximum atomic E-state index is 13.2. The monoisotopic (exact) mass is 417 g/mol. The fraction of sp³-hybridized carbons (Fsp3) is 0.565. The molecule has 0 bridgehead atoms. The van der Waals surface area contributed by atoms with Gasteiger partial charge in [-0.2, -0.15) is 0 Å². The molecule has 2 rings (SSSR count). The number of benzene rings is 1. The molecule has 29 heavy (non-hydrogen) atoms. The third-order valence-electron chi connectivity index (χ3n) is 5.86. The van der Waals surface area contributed by atoms with Gasteiger partial charge in [0.25, 0.3) is 0 Å². The van der Waals surface area contributed by atoms with Gasteiger partial charge in [-0.1, -0.05) is 70.2 Å². The quantitative estimate of drug-likeness (QED) is 0.437. The van der Waals surface area contributed by atoms with Crippen LogP contribution < -0.4 is 5.32 Å². The average molecular weight is 418 g/mol. The lowest BCUT2D eigenvalue weighted by Gasteiger charge is -2.39. The highest BCUT2D eigenvalue weighted by atomic mass is 28.4. The molecule has 1 aromatic rings. The second-order valence-corrected chi connectivity index (χ2v) is 14.1. The van der Waals surface area contributed by atoms with Gasteiger partial charge in [0.2, 0.25) is 5.91 Å². The molecule has 0 fully saturated rings. The molecule has 1 aliphatic heterocycles. The van der Waals surface area contributed by atoms with Crippen molar-refractivity contribution in [1.29, 1.82) is 0 Å². The molecular formula is C23H35NO4Si. The highest BCUT2D eigenvalue weighted by Gasteiger charge is 2.40. The Hall–Kier alpha value is -1.92. The SMILES string of the molecule is C[C@@H]1C/C=C/C[C@@H](O[Si](C)(C)C(C)(C)C)C(=O)N[C@H](c2ccccc2)COC1=O. The summed E-state index contributed by atoms with van der Waals surface area (Å²) in [6.07, 6.45) is 4.40. The van der Waals surface area contributed by atoms with Crippen LogP contribution in [0.4, 0.5) is 0 Å². The summed E-state index contributed by atoms with van der Waals surface area (Å²) in [4.78, 5) is 25.4. The Balaban J connectivity index is 2.30. The molecule has 160 valence electrons. The first-order chi connectivity index (χ1) is 13.5. The Labute approximate surface area is 176 Å². The van der Waals surface area contributed by atoms with Crippen LogP contribution >= 0.6 is 0 Å². The van der Waals surface area contributed by atoms with E-state index in [9.17, 15) is 9.59 Å². The molecule has 0 aliphatic carbocycles. The number of allylic oxidation sites excluding steroid dienone is 1. The Kier molecular flexibility index (Phi) is 7.83. The van der Waals surface area contributed by atoms with Gasteiger partial charge in [-0.15, -0.1) is 0 Å². The van der Waals surface area contributed by atoms with E-state index < -0.39 is 20.5 Å². The predicted octanol–water partition coefficient (Wildman–Crippen LogP) is 4.76. The molecule has 0 unspecified atom stereocenters. The molecule has 0 radical (unpaired) electrons. The van der Waals surface area contributed by atoms with E-state index in [1.54, 1.807) is 0 Å². The minimum Gasteiger partial charge on any atom is -0.463 e. The molecule has 0 saturated heterocycles. The van der Waals surface area contributed by atoms with Crippen molar-refractivity contribution >= 4 is 20.2 Å². The van der Waals surface area contributed by atoms with E-state index in [1.807, 2.05) is 49.4 Å². The molecule has 0 saturated carbocycles. The van der Waals surface area contributed by atoms with Crippen LogP contribution in [-0.2, 0) is 18.8 Å². The number of cyclic esters (lactones) is 1. The zero-order valence-electron chi connectivity index (χ0n) is 18.5. The van der Waals surface area contributed by atoms with Crippen LogP contribution in [0.5, 0.6) is 0 Å². The Morgan fingerprint density at radius 1 is 1.07 bits per heavy atom. The molecule has 0 aromatic heterocycles. The van der Waals surface area contributed by atoms with E-state index in [2.05, 4.69) is 39.2 Å². The van der Waals surface area contributed by atoms with E-state index in [0.717, 1.165) is 5.56 Å². The van der Waals surface area contributed by atoms with Crippen LogP contribution in [0.1, 0.15) is 52.1 Å². The first-order valence-electron chi connectivity index (χ1n) is 10.4. The Morgan fingerprint density at radius 2 is 1.69 bits per heavy atom. The predicted molar refractivity (Wildman–Crippen MR) is 118 cm³/mol. The minimum atomic E-state index is -2.13. The highest BCUT2D eigenvalue weighted by molar-refractivity contribution is 6.74. The number of ether oxygens (including phenoxy) is 1. The van der Waals surface area contributed by atoms with Crippen molar-refractivity contribution in [2.45, 2.75) is 70.8 Å². The van der Waals surface area contributed by atoms with Crippen LogP contribution in [-0.4, -0.2) is 32.9 Å². The van der Waals surface area contributed by atoms with Crippen molar-refractivity contribution < 1.29 is 18.8 Å². The maximum absolute atomic E-state index is 13.2. The number of rotatable bonds is 3. The number of hydrogen-bond acceptors (Lipinski definition) is 4. The van der Waals surface area contributed by atoms with Crippen LogP contribution in [0.25, 0.3) is 0 Å². The highest BCUT2D eigenvalue weighted by Crippen LogP contribution is 2.37. The van der Waals surface area contributed by atoms with Gasteiger partial charge in [0.1, 0.15) is 12.7 Å². The zero-order valence-corrected chi connectivity index (χ0v) is 19.5. The van der Waals surface area contributed by atoms with Crippen molar-refractivity contribution in [1.82, 2.24) is 5.32 Å². The number of esters is 1. The molecule has 1 aromatic carbocycles. The van der Waals surface area contributed by atoms with Crippen molar-refractivity contribution in [2.75, 3.05) is 6.61 Å². The topological polar surface area (TPSA) is 64.6 Å². The summed E-state index contributed by atoms with van der Waals surface area (Å²) in [6.45, 7) is 12.8. The number of hydrogen-bond donors (Lipinski definition) is 1. The fourth-order valence-electron chi connectivity index (χ4n) is 2.84. The summed E-state index contributed by atoms with van der Waals surface area (Å²) in [5, 5.41) is 3.06. The third kappa shape index (κ3) is 6.54. The van der Waals surface area contributed by atoms with E-state index in [4.69, 9.17) is 9.16 Å². The van der Waals surface area contributed by atoms with Gasteiger partial charge >= 0.3 is 5.97 Å². The lowest BCUT2D eigenvalue weighted by atomic mass is 10.0. The van der Waals surface area contributed by atoms with E-state index in [0.29, 0.717) is 12.8 Å². The Bertz CT molecular complexity index is 724. The van der Waals surface area contributed by atoms with Crippen LogP contribution in [0.15, 0.2) is 42.5 Å². The summed E-state index contributed by atoms with van der Waals surface area (Å²) in [5.41, 5.74) is 0.903. The maximum Gasteiger partial charge on any atom is 0.309 e. The lowest BCUT2D eigenvalue weighted by Crippen LogP contribution is -2.49. The molecule has 3 atom stereocenters. The lowest BCUT2D eigenvalue weighted by molar-refractivity contribution is -0.149. The first kappa shape index (κ1) is 23.4. The van der Waals surface area contributed by atoms with Gasteiger partial charge in [-0.05, 0) is 36.5 Å². The second-order valence-electron chi connectivity index (χ2n) is 9.31.